The molecule has 0 fully saturated rings. The van der Waals surface area contributed by atoms with Crippen molar-refractivity contribution in [2.75, 3.05) is 6.54 Å². The number of likely N-dealkylation sites (N-methyl/N-ethyl adjacent to an activating group) is 1. The third-order valence-corrected chi connectivity index (χ3v) is 2.31. The van der Waals surface area contributed by atoms with E-state index in [0.29, 0.717) is 12.1 Å². The van der Waals surface area contributed by atoms with Crippen molar-refractivity contribution in [1.29, 1.82) is 0 Å². The van der Waals surface area contributed by atoms with Gasteiger partial charge in [0, 0.05) is 12.1 Å². The summed E-state index contributed by atoms with van der Waals surface area (Å²) in [5, 5.41) is 4.05. The predicted octanol–water partition coefficient (Wildman–Crippen LogP) is 2.26. The minimum Gasteiger partial charge on any atom is -0.292 e. The number of hydrogen-bond acceptors (Lipinski definition) is 3. The van der Waals surface area contributed by atoms with E-state index in [4.69, 9.17) is 0 Å². The minimum absolute atomic E-state index is 0.0861. The second-order valence-corrected chi connectivity index (χ2v) is 3.24. The quantitative estimate of drug-likeness (QED) is 0.422. The molecule has 1 atom stereocenters. The Balaban J connectivity index is 2.81. The fourth-order valence-corrected chi connectivity index (χ4v) is 1.38. The molecule has 0 N–H and O–H groups in total. The average Bonchev–Trinajstić information content (AvgIpc) is 2.30. The zero-order valence-corrected chi connectivity index (χ0v) is 8.88. The van der Waals surface area contributed by atoms with Gasteiger partial charge in [-0.2, -0.15) is 0 Å². The van der Waals surface area contributed by atoms with Crippen LogP contribution in [0, 0.1) is 4.91 Å². The highest BCUT2D eigenvalue weighted by atomic mass is 16.3. The van der Waals surface area contributed by atoms with Gasteiger partial charge in [0.1, 0.15) is 6.04 Å². The molecule has 1 rings (SSSR count). The molecular formula is C11H14N2O2. The fraction of sp³-hybridized carbons (Fsp3) is 0.364. The summed E-state index contributed by atoms with van der Waals surface area (Å²) in [7, 11) is 0. The van der Waals surface area contributed by atoms with Gasteiger partial charge in [-0.3, -0.25) is 9.80 Å². The van der Waals surface area contributed by atoms with Crippen LogP contribution in [-0.4, -0.2) is 23.4 Å². The van der Waals surface area contributed by atoms with Gasteiger partial charge in [0.05, 0.1) is 5.29 Å². The van der Waals surface area contributed by atoms with E-state index in [1.165, 1.54) is 5.01 Å². The lowest BCUT2D eigenvalue weighted by Crippen LogP contribution is -2.34. The topological polar surface area (TPSA) is 49.7 Å². The zero-order valence-electron chi connectivity index (χ0n) is 8.88. The normalized spacial score (nSPS) is 11.9. The molecule has 0 amide bonds. The van der Waals surface area contributed by atoms with Crippen LogP contribution in [0.4, 0.5) is 0 Å². The highest BCUT2D eigenvalue weighted by molar-refractivity contribution is 5.99. The molecule has 80 valence electrons. The van der Waals surface area contributed by atoms with Crippen LogP contribution in [0.1, 0.15) is 24.2 Å². The molecule has 0 spiro atoms. The summed E-state index contributed by atoms with van der Waals surface area (Å²) in [6.07, 6.45) is 0. The van der Waals surface area contributed by atoms with E-state index in [1.807, 2.05) is 6.07 Å². The van der Waals surface area contributed by atoms with Crippen molar-refractivity contribution in [2.45, 2.75) is 19.9 Å². The molecule has 0 aliphatic carbocycles. The molecule has 15 heavy (non-hydrogen) atoms. The van der Waals surface area contributed by atoms with Crippen molar-refractivity contribution in [2.24, 2.45) is 5.29 Å². The molecule has 0 heterocycles. The number of carbonyl (C=O) groups is 1. The number of nitrogens with zero attached hydrogens (tertiary/aromatic N) is 2. The molecule has 0 aromatic heterocycles. The summed E-state index contributed by atoms with van der Waals surface area (Å²) in [5.41, 5.74) is 0.604. The van der Waals surface area contributed by atoms with E-state index in [0.717, 1.165) is 0 Å². The molecule has 0 aliphatic heterocycles. The van der Waals surface area contributed by atoms with E-state index in [-0.39, 0.29) is 5.78 Å². The lowest BCUT2D eigenvalue weighted by atomic mass is 10.1. The summed E-state index contributed by atoms with van der Waals surface area (Å²) >= 11 is 0. The molecule has 1 unspecified atom stereocenters. The third kappa shape index (κ3) is 2.62. The Kier molecular flexibility index (Phi) is 3.97. The van der Waals surface area contributed by atoms with Gasteiger partial charge in [-0.25, -0.2) is 0 Å². The first-order chi connectivity index (χ1) is 7.20. The van der Waals surface area contributed by atoms with Gasteiger partial charge in [-0.05, 0) is 13.8 Å². The number of ketones is 1. The van der Waals surface area contributed by atoms with Gasteiger partial charge in [0.15, 0.2) is 5.78 Å². The smallest absolute Gasteiger partial charge is 0.186 e. The van der Waals surface area contributed by atoms with Crippen molar-refractivity contribution in [3.63, 3.8) is 0 Å². The van der Waals surface area contributed by atoms with Gasteiger partial charge in [-0.15, -0.1) is 4.91 Å². The fourth-order valence-electron chi connectivity index (χ4n) is 1.38. The molecule has 1 aromatic rings. The Labute approximate surface area is 88.8 Å². The Morgan fingerprint density at radius 1 is 1.40 bits per heavy atom. The molecule has 0 saturated heterocycles. The molecule has 1 aromatic carbocycles. The summed E-state index contributed by atoms with van der Waals surface area (Å²) in [4.78, 5) is 22.3. The van der Waals surface area contributed by atoms with E-state index >= 15 is 0 Å². The van der Waals surface area contributed by atoms with Crippen LogP contribution in [0.3, 0.4) is 0 Å². The van der Waals surface area contributed by atoms with E-state index in [1.54, 1.807) is 38.1 Å². The van der Waals surface area contributed by atoms with E-state index in [2.05, 4.69) is 5.29 Å². The van der Waals surface area contributed by atoms with Crippen molar-refractivity contribution in [1.82, 2.24) is 5.01 Å². The van der Waals surface area contributed by atoms with Crippen molar-refractivity contribution in [3.05, 3.63) is 40.8 Å². The van der Waals surface area contributed by atoms with E-state index in [9.17, 15) is 9.70 Å². The van der Waals surface area contributed by atoms with Crippen LogP contribution in [0.2, 0.25) is 0 Å². The maximum Gasteiger partial charge on any atom is 0.186 e. The number of nitroso groups, excluding NO2 is 1. The first-order valence-corrected chi connectivity index (χ1v) is 4.89. The summed E-state index contributed by atoms with van der Waals surface area (Å²) in [6.45, 7) is 3.90. The highest BCUT2D eigenvalue weighted by Gasteiger charge is 2.20. The Bertz CT molecular complexity index is 338. The lowest BCUT2D eigenvalue weighted by molar-refractivity contribution is 0.0847. The number of Topliss-reactive ketones (excluding diaryl/α,β-unsaturated/α-hetero) is 1. The maximum absolute atomic E-state index is 11.9. The van der Waals surface area contributed by atoms with Gasteiger partial charge >= 0.3 is 0 Å². The SMILES string of the molecule is CCN(N=O)C(C)C(=O)c1ccccc1. The number of hydrogen-bond donors (Lipinski definition) is 0. The zero-order chi connectivity index (χ0) is 11.3. The summed E-state index contributed by atoms with van der Waals surface area (Å²) in [5.74, 6) is -0.0861. The van der Waals surface area contributed by atoms with Gasteiger partial charge in [-0.1, -0.05) is 30.3 Å². The molecule has 0 saturated carbocycles. The third-order valence-electron chi connectivity index (χ3n) is 2.31. The Morgan fingerprint density at radius 3 is 2.47 bits per heavy atom. The van der Waals surface area contributed by atoms with E-state index < -0.39 is 6.04 Å². The molecular weight excluding hydrogens is 192 g/mol. The second kappa shape index (κ2) is 5.24. The van der Waals surface area contributed by atoms with Gasteiger partial charge < -0.3 is 0 Å². The lowest BCUT2D eigenvalue weighted by Gasteiger charge is -2.19. The highest BCUT2D eigenvalue weighted by Crippen LogP contribution is 2.08. The number of carbonyl (C=O) groups excluding carboxylic acids is 1. The standard InChI is InChI=1S/C11H14N2O2/c1-3-13(12-15)9(2)11(14)10-7-5-4-6-8-10/h4-9H,3H2,1-2H3. The maximum atomic E-state index is 11.9. The summed E-state index contributed by atoms with van der Waals surface area (Å²) in [6, 6.07) is 8.40. The monoisotopic (exact) mass is 206 g/mol. The molecule has 4 heteroatoms. The number of rotatable bonds is 5. The largest absolute Gasteiger partial charge is 0.292 e. The Morgan fingerprint density at radius 2 is 2.00 bits per heavy atom. The van der Waals surface area contributed by atoms with Crippen molar-refractivity contribution in [3.8, 4) is 0 Å². The first kappa shape index (κ1) is 11.4. The molecule has 0 aliphatic rings. The molecule has 0 bridgehead atoms. The van der Waals surface area contributed by atoms with Crippen molar-refractivity contribution < 1.29 is 4.79 Å². The van der Waals surface area contributed by atoms with Crippen LogP contribution in [-0.2, 0) is 0 Å². The van der Waals surface area contributed by atoms with Gasteiger partial charge in [0.2, 0.25) is 0 Å². The van der Waals surface area contributed by atoms with Crippen LogP contribution in [0.25, 0.3) is 0 Å². The second-order valence-electron chi connectivity index (χ2n) is 3.24. The average molecular weight is 206 g/mol. The molecule has 0 radical (unpaired) electrons. The van der Waals surface area contributed by atoms with Crippen LogP contribution in [0.15, 0.2) is 35.6 Å². The van der Waals surface area contributed by atoms with Crippen LogP contribution >= 0.6 is 0 Å². The van der Waals surface area contributed by atoms with Crippen LogP contribution < -0.4 is 0 Å². The molecule has 4 nitrogen and oxygen atoms in total. The van der Waals surface area contributed by atoms with Crippen LogP contribution in [0.5, 0.6) is 0 Å². The number of benzene rings is 1. The summed E-state index contributed by atoms with van der Waals surface area (Å²) < 4.78 is 0. The van der Waals surface area contributed by atoms with Crippen molar-refractivity contribution >= 4 is 5.78 Å². The minimum atomic E-state index is -0.505. The first-order valence-electron chi connectivity index (χ1n) is 4.89. The predicted molar refractivity (Wildman–Crippen MR) is 58.4 cm³/mol. The Hall–Kier alpha value is -1.71. The van der Waals surface area contributed by atoms with Gasteiger partial charge in [0.25, 0.3) is 0 Å².